The summed E-state index contributed by atoms with van der Waals surface area (Å²) in [6.07, 6.45) is 2.02. The lowest BCUT2D eigenvalue weighted by Crippen LogP contribution is -2.21. The second kappa shape index (κ2) is 4.88. The number of carboxylic acid groups (broad SMARTS) is 1. The van der Waals surface area contributed by atoms with E-state index in [0.29, 0.717) is 5.82 Å². The summed E-state index contributed by atoms with van der Waals surface area (Å²) in [5, 5.41) is 8.43. The molecule has 0 radical (unpaired) electrons. The number of halogens is 2. The van der Waals surface area contributed by atoms with Crippen LogP contribution in [0.5, 0.6) is 0 Å². The van der Waals surface area contributed by atoms with Crippen molar-refractivity contribution in [2.45, 2.75) is 25.2 Å². The van der Waals surface area contributed by atoms with E-state index in [2.05, 4.69) is 4.98 Å². The standard InChI is InChI=1S/C12H14F2N2O2/c13-12(14,7-11(17)18)9-3-4-10(15-8-9)16-5-1-2-6-16/h3-4,8H,1-2,5-7H2,(H,17,18). The number of aromatic nitrogens is 1. The Labute approximate surface area is 103 Å². The summed E-state index contributed by atoms with van der Waals surface area (Å²) in [6.45, 7) is 1.77. The minimum atomic E-state index is -3.37. The van der Waals surface area contributed by atoms with Gasteiger partial charge in [0.05, 0.1) is 0 Å². The van der Waals surface area contributed by atoms with Crippen LogP contribution in [0.15, 0.2) is 18.3 Å². The fraction of sp³-hybridized carbons (Fsp3) is 0.500. The molecule has 0 saturated carbocycles. The maximum absolute atomic E-state index is 13.5. The summed E-state index contributed by atoms with van der Waals surface area (Å²) in [6, 6.07) is 2.78. The summed E-state index contributed by atoms with van der Waals surface area (Å²) in [5.74, 6) is -4.23. The molecule has 0 aliphatic carbocycles. The topological polar surface area (TPSA) is 53.4 Å². The number of hydrogen-bond donors (Lipinski definition) is 1. The molecule has 1 aliphatic heterocycles. The average molecular weight is 256 g/mol. The summed E-state index contributed by atoms with van der Waals surface area (Å²) in [4.78, 5) is 16.4. The van der Waals surface area contributed by atoms with Crippen LogP contribution in [0.25, 0.3) is 0 Å². The van der Waals surface area contributed by atoms with E-state index in [9.17, 15) is 13.6 Å². The highest BCUT2D eigenvalue weighted by Crippen LogP contribution is 2.32. The first-order valence-corrected chi connectivity index (χ1v) is 5.80. The minimum Gasteiger partial charge on any atom is -0.481 e. The van der Waals surface area contributed by atoms with Crippen molar-refractivity contribution in [1.29, 1.82) is 0 Å². The first-order chi connectivity index (χ1) is 8.49. The number of carboxylic acids is 1. The molecule has 1 saturated heterocycles. The Balaban J connectivity index is 2.13. The maximum Gasteiger partial charge on any atom is 0.309 e. The Morgan fingerprint density at radius 2 is 2.06 bits per heavy atom. The van der Waals surface area contributed by atoms with Gasteiger partial charge in [0.15, 0.2) is 0 Å². The lowest BCUT2D eigenvalue weighted by atomic mass is 10.1. The largest absolute Gasteiger partial charge is 0.481 e. The van der Waals surface area contributed by atoms with Crippen LogP contribution in [-0.2, 0) is 10.7 Å². The summed E-state index contributed by atoms with van der Waals surface area (Å²) < 4.78 is 27.0. The molecular weight excluding hydrogens is 242 g/mol. The van der Waals surface area contributed by atoms with E-state index in [-0.39, 0.29) is 5.56 Å². The Morgan fingerprint density at radius 3 is 2.56 bits per heavy atom. The normalized spacial score (nSPS) is 16.0. The highest BCUT2D eigenvalue weighted by Gasteiger charge is 2.35. The molecule has 2 heterocycles. The van der Waals surface area contributed by atoms with Crippen LogP contribution in [0.4, 0.5) is 14.6 Å². The van der Waals surface area contributed by atoms with E-state index in [0.717, 1.165) is 32.1 Å². The second-order valence-electron chi connectivity index (χ2n) is 4.37. The van der Waals surface area contributed by atoms with Crippen LogP contribution in [0.2, 0.25) is 0 Å². The van der Waals surface area contributed by atoms with E-state index in [4.69, 9.17) is 5.11 Å². The van der Waals surface area contributed by atoms with E-state index in [1.807, 2.05) is 4.90 Å². The Morgan fingerprint density at radius 1 is 1.39 bits per heavy atom. The van der Waals surface area contributed by atoms with Crippen LogP contribution in [0.3, 0.4) is 0 Å². The average Bonchev–Trinajstić information content (AvgIpc) is 2.81. The van der Waals surface area contributed by atoms with Crippen molar-refractivity contribution < 1.29 is 18.7 Å². The van der Waals surface area contributed by atoms with Crippen LogP contribution >= 0.6 is 0 Å². The summed E-state index contributed by atoms with van der Waals surface area (Å²) in [7, 11) is 0. The highest BCUT2D eigenvalue weighted by molar-refractivity contribution is 5.68. The molecule has 1 N–H and O–H groups in total. The molecule has 1 aromatic heterocycles. The van der Waals surface area contributed by atoms with Crippen LogP contribution < -0.4 is 4.90 Å². The van der Waals surface area contributed by atoms with Crippen molar-refractivity contribution >= 4 is 11.8 Å². The number of carbonyl (C=O) groups is 1. The van der Waals surface area contributed by atoms with Gasteiger partial charge in [-0.05, 0) is 25.0 Å². The molecule has 0 spiro atoms. The number of nitrogens with zero attached hydrogens (tertiary/aromatic N) is 2. The predicted molar refractivity (Wildman–Crippen MR) is 61.8 cm³/mol. The monoisotopic (exact) mass is 256 g/mol. The second-order valence-corrected chi connectivity index (χ2v) is 4.37. The van der Waals surface area contributed by atoms with E-state index in [1.165, 1.54) is 12.1 Å². The van der Waals surface area contributed by atoms with Gasteiger partial charge in [-0.2, -0.15) is 0 Å². The van der Waals surface area contributed by atoms with E-state index in [1.54, 1.807) is 0 Å². The molecule has 0 unspecified atom stereocenters. The van der Waals surface area contributed by atoms with E-state index < -0.39 is 18.3 Å². The molecule has 6 heteroatoms. The molecule has 0 aromatic carbocycles. The number of alkyl halides is 2. The molecule has 0 atom stereocenters. The summed E-state index contributed by atoms with van der Waals surface area (Å²) >= 11 is 0. The Bertz CT molecular complexity index is 428. The van der Waals surface area contributed by atoms with Gasteiger partial charge in [-0.3, -0.25) is 4.79 Å². The third kappa shape index (κ3) is 2.75. The lowest BCUT2D eigenvalue weighted by Gasteiger charge is -2.18. The van der Waals surface area contributed by atoms with Crippen molar-refractivity contribution in [3.63, 3.8) is 0 Å². The Kier molecular flexibility index (Phi) is 3.45. The minimum absolute atomic E-state index is 0.354. The third-order valence-corrected chi connectivity index (χ3v) is 2.97. The van der Waals surface area contributed by atoms with Crippen molar-refractivity contribution in [3.8, 4) is 0 Å². The van der Waals surface area contributed by atoms with Crippen LogP contribution in [0.1, 0.15) is 24.8 Å². The van der Waals surface area contributed by atoms with Gasteiger partial charge in [-0.15, -0.1) is 0 Å². The van der Waals surface area contributed by atoms with Crippen LogP contribution in [0, 0.1) is 0 Å². The van der Waals surface area contributed by atoms with Gasteiger partial charge in [-0.1, -0.05) is 0 Å². The van der Waals surface area contributed by atoms with Crippen molar-refractivity contribution in [2.75, 3.05) is 18.0 Å². The first-order valence-electron chi connectivity index (χ1n) is 5.80. The van der Waals surface area contributed by atoms with Gasteiger partial charge in [-0.25, -0.2) is 13.8 Å². The zero-order valence-corrected chi connectivity index (χ0v) is 9.77. The number of hydrogen-bond acceptors (Lipinski definition) is 3. The molecule has 4 nitrogen and oxygen atoms in total. The van der Waals surface area contributed by atoms with Crippen LogP contribution in [-0.4, -0.2) is 29.1 Å². The van der Waals surface area contributed by atoms with Gasteiger partial charge < -0.3 is 10.0 Å². The van der Waals surface area contributed by atoms with E-state index >= 15 is 0 Å². The van der Waals surface area contributed by atoms with Crippen molar-refractivity contribution in [3.05, 3.63) is 23.9 Å². The van der Waals surface area contributed by atoms with Gasteiger partial charge in [0, 0.05) is 24.8 Å². The third-order valence-electron chi connectivity index (χ3n) is 2.97. The molecule has 0 amide bonds. The molecule has 0 bridgehead atoms. The molecule has 98 valence electrons. The molecular formula is C12H14F2N2O2. The van der Waals surface area contributed by atoms with Gasteiger partial charge in [0.25, 0.3) is 5.92 Å². The van der Waals surface area contributed by atoms with Crippen molar-refractivity contribution in [1.82, 2.24) is 4.98 Å². The predicted octanol–water partition coefficient (Wildman–Crippen LogP) is 2.25. The zero-order valence-electron chi connectivity index (χ0n) is 9.77. The van der Waals surface area contributed by atoms with Gasteiger partial charge in [0.1, 0.15) is 12.2 Å². The molecule has 1 aliphatic rings. The molecule has 1 aromatic rings. The Hall–Kier alpha value is -1.72. The number of pyridine rings is 1. The maximum atomic E-state index is 13.5. The molecule has 18 heavy (non-hydrogen) atoms. The quantitative estimate of drug-likeness (QED) is 0.897. The fourth-order valence-corrected chi connectivity index (χ4v) is 2.03. The van der Waals surface area contributed by atoms with Gasteiger partial charge >= 0.3 is 5.97 Å². The molecule has 1 fully saturated rings. The zero-order chi connectivity index (χ0) is 13.2. The smallest absolute Gasteiger partial charge is 0.309 e. The fourth-order valence-electron chi connectivity index (χ4n) is 2.03. The van der Waals surface area contributed by atoms with Crippen molar-refractivity contribution in [2.24, 2.45) is 0 Å². The SMILES string of the molecule is O=C(O)CC(F)(F)c1ccc(N2CCCC2)nc1. The van der Waals surface area contributed by atoms with Gasteiger partial charge in [0.2, 0.25) is 0 Å². The first kappa shape index (κ1) is 12.7. The number of aliphatic carboxylic acids is 1. The summed E-state index contributed by atoms with van der Waals surface area (Å²) in [5.41, 5.74) is -0.354. The lowest BCUT2D eigenvalue weighted by molar-refractivity contribution is -0.145. The molecule has 2 rings (SSSR count). The number of rotatable bonds is 4. The number of anilines is 1. The highest BCUT2D eigenvalue weighted by atomic mass is 19.3.